The molecule has 3 rings (SSSR count). The molecule has 0 unspecified atom stereocenters. The molecule has 5 nitrogen and oxygen atoms in total. The number of benzene rings is 1. The van der Waals surface area contributed by atoms with Gasteiger partial charge in [0.05, 0.1) is 0 Å². The molecule has 2 aliphatic rings. The number of piperidine rings is 2. The molecule has 2 amide bonds. The molecular weight excluding hydrogens is 316 g/mol. The quantitative estimate of drug-likeness (QED) is 0.847. The van der Waals surface area contributed by atoms with Gasteiger partial charge >= 0.3 is 0 Å². The van der Waals surface area contributed by atoms with E-state index < -0.39 is 0 Å². The fourth-order valence-corrected chi connectivity index (χ4v) is 3.76. The lowest BCUT2D eigenvalue weighted by Gasteiger charge is -2.36. The smallest absolute Gasteiger partial charge is 0.226 e. The molecule has 2 fully saturated rings. The summed E-state index contributed by atoms with van der Waals surface area (Å²) in [6.45, 7) is 6.25. The standard InChI is InChI=1S/C20H28N2O3/c1-14-5-4-6-15(2)19(14)25-17-8-11-22(12-9-17)20(24)16-7-10-21(3)18(23)13-16/h4-6,16-17H,7-13H2,1-3H3/t16-/m1/s1. The van der Waals surface area contributed by atoms with E-state index in [1.165, 1.54) is 0 Å². The molecule has 2 aliphatic heterocycles. The van der Waals surface area contributed by atoms with Crippen LogP contribution in [0.2, 0.25) is 0 Å². The molecule has 2 heterocycles. The fourth-order valence-electron chi connectivity index (χ4n) is 3.76. The second kappa shape index (κ2) is 7.46. The summed E-state index contributed by atoms with van der Waals surface area (Å²) in [5, 5.41) is 0. The van der Waals surface area contributed by atoms with E-state index in [0.29, 0.717) is 13.0 Å². The van der Waals surface area contributed by atoms with E-state index >= 15 is 0 Å². The zero-order valence-electron chi connectivity index (χ0n) is 15.5. The Morgan fingerprint density at radius 1 is 1.08 bits per heavy atom. The third-order valence-electron chi connectivity index (χ3n) is 5.46. The molecule has 1 atom stereocenters. The van der Waals surface area contributed by atoms with Crippen molar-refractivity contribution in [2.24, 2.45) is 5.92 Å². The van der Waals surface area contributed by atoms with Crippen molar-refractivity contribution >= 4 is 11.8 Å². The summed E-state index contributed by atoms with van der Waals surface area (Å²) in [6.07, 6.45) is 2.98. The van der Waals surface area contributed by atoms with Crippen LogP contribution < -0.4 is 4.74 Å². The maximum atomic E-state index is 12.7. The topological polar surface area (TPSA) is 49.9 Å². The van der Waals surface area contributed by atoms with Gasteiger partial charge in [-0.3, -0.25) is 9.59 Å². The second-order valence-electron chi connectivity index (χ2n) is 7.37. The first-order chi connectivity index (χ1) is 12.0. The summed E-state index contributed by atoms with van der Waals surface area (Å²) in [5.41, 5.74) is 2.31. The van der Waals surface area contributed by atoms with Crippen molar-refractivity contribution in [2.45, 2.75) is 45.6 Å². The second-order valence-corrected chi connectivity index (χ2v) is 7.37. The lowest BCUT2D eigenvalue weighted by Crippen LogP contribution is -2.47. The number of amides is 2. The van der Waals surface area contributed by atoms with Crippen molar-refractivity contribution in [1.29, 1.82) is 0 Å². The normalized spacial score (nSPS) is 22.2. The van der Waals surface area contributed by atoms with Crippen LogP contribution in [0, 0.1) is 19.8 Å². The van der Waals surface area contributed by atoms with E-state index in [9.17, 15) is 9.59 Å². The number of ether oxygens (including phenoxy) is 1. The van der Waals surface area contributed by atoms with Gasteiger partial charge in [0, 0.05) is 51.9 Å². The summed E-state index contributed by atoms with van der Waals surface area (Å²) in [6, 6.07) is 6.18. The number of nitrogens with zero attached hydrogens (tertiary/aromatic N) is 2. The van der Waals surface area contributed by atoms with Crippen molar-refractivity contribution in [3.05, 3.63) is 29.3 Å². The van der Waals surface area contributed by atoms with Gasteiger partial charge in [0.2, 0.25) is 11.8 Å². The predicted octanol–water partition coefficient (Wildman–Crippen LogP) is 2.54. The van der Waals surface area contributed by atoms with Crippen LogP contribution in [0.25, 0.3) is 0 Å². The van der Waals surface area contributed by atoms with E-state index in [1.54, 1.807) is 11.9 Å². The first-order valence-corrected chi connectivity index (χ1v) is 9.21. The number of carbonyl (C=O) groups is 2. The largest absolute Gasteiger partial charge is 0.490 e. The van der Waals surface area contributed by atoms with Crippen LogP contribution in [-0.4, -0.2) is 54.4 Å². The van der Waals surface area contributed by atoms with Crippen LogP contribution in [0.5, 0.6) is 5.75 Å². The van der Waals surface area contributed by atoms with E-state index in [2.05, 4.69) is 26.0 Å². The van der Waals surface area contributed by atoms with Crippen molar-refractivity contribution in [3.63, 3.8) is 0 Å². The molecule has 136 valence electrons. The van der Waals surface area contributed by atoms with Crippen LogP contribution >= 0.6 is 0 Å². The van der Waals surface area contributed by atoms with Gasteiger partial charge in [-0.2, -0.15) is 0 Å². The van der Waals surface area contributed by atoms with Gasteiger partial charge in [0.1, 0.15) is 11.9 Å². The summed E-state index contributed by atoms with van der Waals surface area (Å²) >= 11 is 0. The van der Waals surface area contributed by atoms with E-state index in [0.717, 1.165) is 49.2 Å². The Morgan fingerprint density at radius 3 is 2.32 bits per heavy atom. The minimum atomic E-state index is -0.139. The summed E-state index contributed by atoms with van der Waals surface area (Å²) in [7, 11) is 1.80. The zero-order chi connectivity index (χ0) is 18.0. The highest BCUT2D eigenvalue weighted by Crippen LogP contribution is 2.27. The molecule has 1 aromatic carbocycles. The molecule has 0 aromatic heterocycles. The van der Waals surface area contributed by atoms with Gasteiger partial charge in [0.25, 0.3) is 0 Å². The average molecular weight is 344 g/mol. The summed E-state index contributed by atoms with van der Waals surface area (Å²) in [5.74, 6) is 1.07. The Labute approximate surface area is 149 Å². The zero-order valence-corrected chi connectivity index (χ0v) is 15.5. The van der Waals surface area contributed by atoms with Crippen molar-refractivity contribution in [2.75, 3.05) is 26.7 Å². The molecule has 0 bridgehead atoms. The molecule has 5 heteroatoms. The van der Waals surface area contributed by atoms with Crippen LogP contribution in [0.1, 0.15) is 36.8 Å². The molecule has 0 spiro atoms. The van der Waals surface area contributed by atoms with Gasteiger partial charge in [-0.1, -0.05) is 18.2 Å². The van der Waals surface area contributed by atoms with Crippen LogP contribution in [0.4, 0.5) is 0 Å². The van der Waals surface area contributed by atoms with Crippen molar-refractivity contribution in [3.8, 4) is 5.75 Å². The fraction of sp³-hybridized carbons (Fsp3) is 0.600. The lowest BCUT2D eigenvalue weighted by molar-refractivity contribution is -0.145. The van der Waals surface area contributed by atoms with Crippen molar-refractivity contribution in [1.82, 2.24) is 9.80 Å². The van der Waals surface area contributed by atoms with E-state index in [-0.39, 0.29) is 23.8 Å². The van der Waals surface area contributed by atoms with Gasteiger partial charge in [-0.05, 0) is 31.4 Å². The minimum absolute atomic E-state index is 0.0813. The summed E-state index contributed by atoms with van der Waals surface area (Å²) < 4.78 is 6.22. The number of carbonyl (C=O) groups excluding carboxylic acids is 2. The van der Waals surface area contributed by atoms with Crippen LogP contribution in [0.15, 0.2) is 18.2 Å². The minimum Gasteiger partial charge on any atom is -0.490 e. The van der Waals surface area contributed by atoms with E-state index in [1.807, 2.05) is 11.0 Å². The molecule has 0 aliphatic carbocycles. The highest BCUT2D eigenvalue weighted by Gasteiger charge is 2.33. The van der Waals surface area contributed by atoms with Gasteiger partial charge < -0.3 is 14.5 Å². The molecule has 0 saturated carbocycles. The Balaban J connectivity index is 1.53. The molecule has 0 radical (unpaired) electrons. The summed E-state index contributed by atoms with van der Waals surface area (Å²) in [4.78, 5) is 28.2. The lowest BCUT2D eigenvalue weighted by atomic mass is 9.94. The van der Waals surface area contributed by atoms with Gasteiger partial charge in [-0.15, -0.1) is 0 Å². The highest BCUT2D eigenvalue weighted by atomic mass is 16.5. The number of hydrogen-bond acceptors (Lipinski definition) is 3. The monoisotopic (exact) mass is 344 g/mol. The third-order valence-corrected chi connectivity index (χ3v) is 5.46. The first kappa shape index (κ1) is 17.8. The maximum Gasteiger partial charge on any atom is 0.226 e. The number of hydrogen-bond donors (Lipinski definition) is 0. The molecular formula is C20H28N2O3. The molecule has 1 aromatic rings. The van der Waals surface area contributed by atoms with Crippen LogP contribution in [0.3, 0.4) is 0 Å². The van der Waals surface area contributed by atoms with Crippen molar-refractivity contribution < 1.29 is 14.3 Å². The maximum absolute atomic E-state index is 12.7. The first-order valence-electron chi connectivity index (χ1n) is 9.21. The molecule has 25 heavy (non-hydrogen) atoms. The number of rotatable bonds is 3. The Kier molecular flexibility index (Phi) is 5.30. The highest BCUT2D eigenvalue weighted by molar-refractivity contribution is 5.86. The molecule has 0 N–H and O–H groups in total. The Morgan fingerprint density at radius 2 is 1.72 bits per heavy atom. The van der Waals surface area contributed by atoms with Gasteiger partial charge in [0.15, 0.2) is 0 Å². The number of likely N-dealkylation sites (tertiary alicyclic amines) is 2. The third kappa shape index (κ3) is 3.97. The Bertz CT molecular complexity index is 630. The average Bonchev–Trinajstić information content (AvgIpc) is 2.61. The van der Waals surface area contributed by atoms with Crippen LogP contribution in [-0.2, 0) is 9.59 Å². The predicted molar refractivity (Wildman–Crippen MR) is 96.5 cm³/mol. The van der Waals surface area contributed by atoms with Gasteiger partial charge in [-0.25, -0.2) is 0 Å². The number of aryl methyl sites for hydroxylation is 2. The number of para-hydroxylation sites is 1. The Hall–Kier alpha value is -2.04. The SMILES string of the molecule is Cc1cccc(C)c1OC1CCN(C(=O)[C@@H]2CCN(C)C(=O)C2)CC1. The molecule has 2 saturated heterocycles. The van der Waals surface area contributed by atoms with E-state index in [4.69, 9.17) is 4.74 Å².